The van der Waals surface area contributed by atoms with Gasteiger partial charge in [-0.3, -0.25) is 9.20 Å². The van der Waals surface area contributed by atoms with Crippen molar-refractivity contribution in [3.8, 4) is 11.5 Å². The number of fused-ring (bicyclic) bond motifs is 2. The van der Waals surface area contributed by atoms with Crippen LogP contribution in [0.15, 0.2) is 47.8 Å². The highest BCUT2D eigenvalue weighted by Crippen LogP contribution is 2.33. The monoisotopic (exact) mass is 356 g/mol. The lowest BCUT2D eigenvalue weighted by molar-refractivity contribution is -0.115. The van der Waals surface area contributed by atoms with E-state index in [1.807, 2.05) is 35.7 Å². The number of nitrogens with one attached hydrogen (secondary N) is 1. The van der Waals surface area contributed by atoms with Gasteiger partial charge >= 0.3 is 0 Å². The van der Waals surface area contributed by atoms with E-state index in [2.05, 4.69) is 15.5 Å². The summed E-state index contributed by atoms with van der Waals surface area (Å²) in [6.45, 7) is 2.89. The molecule has 8 heteroatoms. The fourth-order valence-electron chi connectivity index (χ4n) is 2.48. The summed E-state index contributed by atoms with van der Waals surface area (Å²) in [7, 11) is 0. The van der Waals surface area contributed by atoms with Gasteiger partial charge in [-0.25, -0.2) is 0 Å². The predicted molar refractivity (Wildman–Crippen MR) is 94.4 cm³/mol. The van der Waals surface area contributed by atoms with E-state index in [9.17, 15) is 4.79 Å². The zero-order valence-electron chi connectivity index (χ0n) is 13.5. The maximum absolute atomic E-state index is 12.5. The van der Waals surface area contributed by atoms with Gasteiger partial charge in [-0.1, -0.05) is 17.8 Å². The number of benzene rings is 1. The number of amides is 1. The lowest BCUT2D eigenvalue weighted by atomic mass is 10.2. The Morgan fingerprint density at radius 3 is 2.92 bits per heavy atom. The van der Waals surface area contributed by atoms with Crippen molar-refractivity contribution in [3.63, 3.8) is 0 Å². The van der Waals surface area contributed by atoms with E-state index in [1.54, 1.807) is 18.2 Å². The first-order valence-corrected chi connectivity index (χ1v) is 8.75. The van der Waals surface area contributed by atoms with Gasteiger partial charge in [-0.2, -0.15) is 0 Å². The van der Waals surface area contributed by atoms with E-state index in [1.165, 1.54) is 11.8 Å². The summed E-state index contributed by atoms with van der Waals surface area (Å²) < 4.78 is 12.9. The van der Waals surface area contributed by atoms with Crippen LogP contribution >= 0.6 is 11.8 Å². The van der Waals surface area contributed by atoms with Gasteiger partial charge in [0.05, 0.1) is 5.25 Å². The van der Waals surface area contributed by atoms with Crippen LogP contribution < -0.4 is 14.8 Å². The third-order valence-corrected chi connectivity index (χ3v) is 4.80. The van der Waals surface area contributed by atoms with Gasteiger partial charge in [0.1, 0.15) is 13.2 Å². The van der Waals surface area contributed by atoms with Gasteiger partial charge in [0, 0.05) is 18.0 Å². The second-order valence-electron chi connectivity index (χ2n) is 5.52. The minimum atomic E-state index is -0.333. The van der Waals surface area contributed by atoms with Crippen molar-refractivity contribution < 1.29 is 14.3 Å². The zero-order valence-corrected chi connectivity index (χ0v) is 14.3. The number of carbonyl (C=O) groups is 1. The number of thioether (sulfide) groups is 1. The number of hydrogen-bond donors (Lipinski definition) is 1. The summed E-state index contributed by atoms with van der Waals surface area (Å²) in [6.07, 6.45) is 1.88. The molecule has 0 fully saturated rings. The molecule has 4 rings (SSSR count). The largest absolute Gasteiger partial charge is 0.486 e. The van der Waals surface area contributed by atoms with Crippen LogP contribution in [0.4, 0.5) is 5.69 Å². The zero-order chi connectivity index (χ0) is 17.2. The molecule has 3 heterocycles. The van der Waals surface area contributed by atoms with Crippen molar-refractivity contribution in [2.45, 2.75) is 17.3 Å². The molecule has 1 aliphatic heterocycles. The summed E-state index contributed by atoms with van der Waals surface area (Å²) in [5.74, 6) is 1.23. The molecular weight excluding hydrogens is 340 g/mol. The van der Waals surface area contributed by atoms with Crippen molar-refractivity contribution in [2.75, 3.05) is 18.5 Å². The average molecular weight is 356 g/mol. The van der Waals surface area contributed by atoms with Crippen LogP contribution in [0, 0.1) is 0 Å². The Balaban J connectivity index is 1.45. The van der Waals surface area contributed by atoms with Gasteiger partial charge in [0.2, 0.25) is 5.91 Å². The normalized spacial score (nSPS) is 14.3. The van der Waals surface area contributed by atoms with Crippen molar-refractivity contribution in [2.24, 2.45) is 0 Å². The Labute approximate surface area is 148 Å². The molecule has 1 aromatic carbocycles. The number of rotatable bonds is 4. The molecule has 25 heavy (non-hydrogen) atoms. The van der Waals surface area contributed by atoms with E-state index in [4.69, 9.17) is 9.47 Å². The quantitative estimate of drug-likeness (QED) is 0.724. The van der Waals surface area contributed by atoms with Crippen LogP contribution in [0.25, 0.3) is 5.65 Å². The van der Waals surface area contributed by atoms with Gasteiger partial charge in [-0.15, -0.1) is 10.2 Å². The average Bonchev–Trinajstić information content (AvgIpc) is 3.04. The second-order valence-corrected chi connectivity index (χ2v) is 6.83. The summed E-state index contributed by atoms with van der Waals surface area (Å²) >= 11 is 1.36. The van der Waals surface area contributed by atoms with Crippen LogP contribution in [0.3, 0.4) is 0 Å². The Morgan fingerprint density at radius 1 is 1.20 bits per heavy atom. The lowest BCUT2D eigenvalue weighted by Gasteiger charge is -2.19. The van der Waals surface area contributed by atoms with Gasteiger partial charge in [0.15, 0.2) is 22.3 Å². The first-order valence-electron chi connectivity index (χ1n) is 7.87. The van der Waals surface area contributed by atoms with Crippen LogP contribution in [-0.2, 0) is 4.79 Å². The van der Waals surface area contributed by atoms with E-state index in [0.29, 0.717) is 35.6 Å². The second kappa shape index (κ2) is 6.64. The number of carbonyl (C=O) groups excluding carboxylic acids is 1. The maximum Gasteiger partial charge on any atom is 0.237 e. The standard InChI is InChI=1S/C17H16N4O3S/c1-11(25-17-20-19-15-4-2-3-7-21(15)17)16(22)18-12-5-6-13-14(10-12)24-9-8-23-13/h2-7,10-11H,8-9H2,1H3,(H,18,22)/t11-/m1/s1. The van der Waals surface area contributed by atoms with Gasteiger partial charge in [0.25, 0.3) is 0 Å². The van der Waals surface area contributed by atoms with Crippen LogP contribution in [0.2, 0.25) is 0 Å². The van der Waals surface area contributed by atoms with Gasteiger partial charge in [-0.05, 0) is 31.2 Å². The van der Waals surface area contributed by atoms with Crippen LogP contribution in [0.5, 0.6) is 11.5 Å². The molecule has 1 amide bonds. The number of aromatic nitrogens is 3. The topological polar surface area (TPSA) is 77.8 Å². The third-order valence-electron chi connectivity index (χ3n) is 3.74. The van der Waals surface area contributed by atoms with Crippen LogP contribution in [-0.4, -0.2) is 39.0 Å². The molecule has 0 aliphatic carbocycles. The number of ether oxygens (including phenoxy) is 2. The molecule has 1 N–H and O–H groups in total. The molecule has 0 saturated heterocycles. The number of anilines is 1. The molecule has 0 bridgehead atoms. The lowest BCUT2D eigenvalue weighted by Crippen LogP contribution is -2.23. The van der Waals surface area contributed by atoms with E-state index in [0.717, 1.165) is 5.65 Å². The molecule has 1 aliphatic rings. The fraction of sp³-hybridized carbons (Fsp3) is 0.235. The number of hydrogen-bond acceptors (Lipinski definition) is 6. The molecule has 1 atom stereocenters. The number of nitrogens with zero attached hydrogens (tertiary/aromatic N) is 3. The molecule has 2 aromatic heterocycles. The Hall–Kier alpha value is -2.74. The predicted octanol–water partition coefficient (Wildman–Crippen LogP) is 2.62. The minimum absolute atomic E-state index is 0.116. The molecule has 7 nitrogen and oxygen atoms in total. The molecule has 0 radical (unpaired) electrons. The molecule has 0 spiro atoms. The first kappa shape index (κ1) is 15.8. The third kappa shape index (κ3) is 3.25. The SMILES string of the molecule is C[C@@H](Sc1nnc2ccccn12)C(=O)Nc1ccc2c(c1)OCCO2. The Kier molecular flexibility index (Phi) is 4.19. The van der Waals surface area contributed by atoms with Crippen LogP contribution in [0.1, 0.15) is 6.92 Å². The maximum atomic E-state index is 12.5. The fourth-order valence-corrected chi connectivity index (χ4v) is 3.31. The Bertz CT molecular complexity index is 927. The first-order chi connectivity index (χ1) is 12.2. The highest BCUT2D eigenvalue weighted by Gasteiger charge is 2.19. The van der Waals surface area contributed by atoms with Crippen molar-refractivity contribution in [1.29, 1.82) is 0 Å². The summed E-state index contributed by atoms with van der Waals surface area (Å²) in [4.78, 5) is 12.5. The molecular formula is C17H16N4O3S. The summed E-state index contributed by atoms with van der Waals surface area (Å²) in [5, 5.41) is 11.5. The molecule has 3 aromatic rings. The summed E-state index contributed by atoms with van der Waals surface area (Å²) in [5.41, 5.74) is 1.43. The molecule has 0 saturated carbocycles. The van der Waals surface area contributed by atoms with Crippen molar-refractivity contribution in [3.05, 3.63) is 42.6 Å². The smallest absolute Gasteiger partial charge is 0.237 e. The van der Waals surface area contributed by atoms with E-state index >= 15 is 0 Å². The highest BCUT2D eigenvalue weighted by molar-refractivity contribution is 8.00. The van der Waals surface area contributed by atoms with E-state index < -0.39 is 0 Å². The summed E-state index contributed by atoms with van der Waals surface area (Å²) in [6, 6.07) is 11.0. The Morgan fingerprint density at radius 2 is 2.04 bits per heavy atom. The highest BCUT2D eigenvalue weighted by atomic mass is 32.2. The minimum Gasteiger partial charge on any atom is -0.486 e. The molecule has 0 unspecified atom stereocenters. The van der Waals surface area contributed by atoms with Crippen molar-refractivity contribution >= 4 is 29.0 Å². The molecule has 128 valence electrons. The van der Waals surface area contributed by atoms with Crippen molar-refractivity contribution in [1.82, 2.24) is 14.6 Å². The van der Waals surface area contributed by atoms with Gasteiger partial charge < -0.3 is 14.8 Å². The van der Waals surface area contributed by atoms with E-state index in [-0.39, 0.29) is 11.2 Å². The number of pyridine rings is 1.